The van der Waals surface area contributed by atoms with Crippen molar-refractivity contribution in [3.8, 4) is 23.0 Å². The third-order valence-corrected chi connectivity index (χ3v) is 6.39. The maximum atomic E-state index is 13.6. The van der Waals surface area contributed by atoms with E-state index < -0.39 is 17.7 Å². The molecule has 0 radical (unpaired) electrons. The second kappa shape index (κ2) is 12.6. The smallest absolute Gasteiger partial charge is 0.300 e. The van der Waals surface area contributed by atoms with Gasteiger partial charge in [0, 0.05) is 11.8 Å². The summed E-state index contributed by atoms with van der Waals surface area (Å²) in [6, 6.07) is 18.1. The number of rotatable bonds is 11. The number of benzene rings is 3. The van der Waals surface area contributed by atoms with Crippen LogP contribution in [0.4, 0.5) is 5.69 Å². The molecule has 0 aliphatic carbocycles. The monoisotopic (exact) mass is 545 g/mol. The van der Waals surface area contributed by atoms with E-state index >= 15 is 0 Å². The second-order valence-electron chi connectivity index (χ2n) is 9.67. The van der Waals surface area contributed by atoms with Crippen LogP contribution in [0.2, 0.25) is 0 Å². The molecule has 1 saturated heterocycles. The molecule has 1 atom stereocenters. The molecule has 1 fully saturated rings. The minimum Gasteiger partial charge on any atom is -0.507 e. The van der Waals surface area contributed by atoms with Gasteiger partial charge in [-0.05, 0) is 73.9 Å². The van der Waals surface area contributed by atoms with Crippen LogP contribution in [0.5, 0.6) is 23.0 Å². The van der Waals surface area contributed by atoms with Crippen LogP contribution < -0.4 is 23.8 Å². The number of methoxy groups -OCH3 is 1. The van der Waals surface area contributed by atoms with Gasteiger partial charge >= 0.3 is 0 Å². The number of Topliss-reactive ketones (excluding diaryl/α,β-unsaturated/α-hetero) is 1. The molecular weight excluding hydrogens is 510 g/mol. The third kappa shape index (κ3) is 5.91. The summed E-state index contributed by atoms with van der Waals surface area (Å²) in [6.07, 6.45) is 0. The van der Waals surface area contributed by atoms with Gasteiger partial charge in [-0.25, -0.2) is 0 Å². The lowest BCUT2D eigenvalue weighted by atomic mass is 9.94. The number of ketones is 1. The van der Waals surface area contributed by atoms with Crippen molar-refractivity contribution in [3.05, 3.63) is 83.4 Å². The first-order valence-electron chi connectivity index (χ1n) is 13.4. The van der Waals surface area contributed by atoms with Gasteiger partial charge < -0.3 is 24.1 Å². The molecular formula is C32H35NO7. The van der Waals surface area contributed by atoms with E-state index in [0.717, 1.165) is 0 Å². The number of nitrogens with zero attached hydrogens (tertiary/aromatic N) is 1. The predicted molar refractivity (Wildman–Crippen MR) is 153 cm³/mol. The molecule has 0 aromatic heterocycles. The minimum absolute atomic E-state index is 0.0413. The zero-order valence-corrected chi connectivity index (χ0v) is 23.5. The van der Waals surface area contributed by atoms with Crippen molar-refractivity contribution >= 4 is 23.1 Å². The van der Waals surface area contributed by atoms with E-state index in [9.17, 15) is 14.7 Å². The summed E-state index contributed by atoms with van der Waals surface area (Å²) >= 11 is 0. The fraction of sp³-hybridized carbons (Fsp3) is 0.312. The summed E-state index contributed by atoms with van der Waals surface area (Å²) in [7, 11) is 1.56. The second-order valence-corrected chi connectivity index (χ2v) is 9.67. The Morgan fingerprint density at radius 3 is 2.08 bits per heavy atom. The molecule has 1 unspecified atom stereocenters. The highest BCUT2D eigenvalue weighted by molar-refractivity contribution is 6.51. The van der Waals surface area contributed by atoms with Crippen LogP contribution >= 0.6 is 0 Å². The number of ether oxygens (including phenoxy) is 4. The van der Waals surface area contributed by atoms with Gasteiger partial charge in [-0.1, -0.05) is 26.0 Å². The predicted octanol–water partition coefficient (Wildman–Crippen LogP) is 6.15. The van der Waals surface area contributed by atoms with E-state index in [-0.39, 0.29) is 11.3 Å². The summed E-state index contributed by atoms with van der Waals surface area (Å²) in [4.78, 5) is 28.5. The summed E-state index contributed by atoms with van der Waals surface area (Å²) in [6.45, 7) is 9.15. The lowest BCUT2D eigenvalue weighted by Crippen LogP contribution is -2.29. The zero-order chi connectivity index (χ0) is 28.8. The number of carbonyl (C=O) groups excluding carboxylic acids is 2. The molecule has 0 saturated carbocycles. The Hall–Kier alpha value is -4.46. The third-order valence-electron chi connectivity index (χ3n) is 6.39. The SMILES string of the molecule is CCOc1ccc(/C(O)=C2/C(=O)C(=O)N(c3ccc(OCC(C)C)cc3)C2c2ccc(OC)cc2)c(OCC)c1. The van der Waals surface area contributed by atoms with Gasteiger partial charge in [0.2, 0.25) is 0 Å². The van der Waals surface area contributed by atoms with Gasteiger partial charge in [0.15, 0.2) is 0 Å². The van der Waals surface area contributed by atoms with Crippen LogP contribution in [0.15, 0.2) is 72.3 Å². The molecule has 4 rings (SSSR count). The highest BCUT2D eigenvalue weighted by atomic mass is 16.5. The average molecular weight is 546 g/mol. The van der Waals surface area contributed by atoms with Crippen molar-refractivity contribution in [1.82, 2.24) is 0 Å². The molecule has 1 N–H and O–H groups in total. The number of anilines is 1. The topological polar surface area (TPSA) is 94.5 Å². The number of hydrogen-bond donors (Lipinski definition) is 1. The molecule has 0 spiro atoms. The molecule has 8 heteroatoms. The fourth-order valence-electron chi connectivity index (χ4n) is 4.54. The van der Waals surface area contributed by atoms with Crippen molar-refractivity contribution in [2.45, 2.75) is 33.7 Å². The van der Waals surface area contributed by atoms with E-state index in [0.29, 0.717) is 65.6 Å². The van der Waals surface area contributed by atoms with Crippen molar-refractivity contribution in [3.63, 3.8) is 0 Å². The Bertz CT molecular complexity index is 1380. The molecule has 3 aromatic carbocycles. The first kappa shape index (κ1) is 28.5. The zero-order valence-electron chi connectivity index (χ0n) is 23.5. The maximum absolute atomic E-state index is 13.6. The van der Waals surface area contributed by atoms with Gasteiger partial charge in [-0.15, -0.1) is 0 Å². The summed E-state index contributed by atoms with van der Waals surface area (Å²) in [5.74, 6) is 0.675. The Morgan fingerprint density at radius 1 is 0.850 bits per heavy atom. The fourth-order valence-corrected chi connectivity index (χ4v) is 4.54. The van der Waals surface area contributed by atoms with Gasteiger partial charge in [0.25, 0.3) is 11.7 Å². The highest BCUT2D eigenvalue weighted by Gasteiger charge is 2.47. The van der Waals surface area contributed by atoms with Crippen LogP contribution in [0.25, 0.3) is 5.76 Å². The number of amides is 1. The van der Waals surface area contributed by atoms with Gasteiger partial charge in [-0.2, -0.15) is 0 Å². The van der Waals surface area contributed by atoms with E-state index in [2.05, 4.69) is 13.8 Å². The van der Waals surface area contributed by atoms with Crippen molar-refractivity contribution in [2.24, 2.45) is 5.92 Å². The molecule has 1 amide bonds. The molecule has 8 nitrogen and oxygen atoms in total. The standard InChI is InChI=1S/C32H35NO7/c1-6-38-25-16-17-26(27(18-25)39-7-2)30(34)28-29(21-8-12-23(37-5)13-9-21)33(32(36)31(28)35)22-10-14-24(15-11-22)40-19-20(3)4/h8-18,20,29,34H,6-7,19H2,1-5H3/b30-28-. The molecule has 3 aromatic rings. The summed E-state index contributed by atoms with van der Waals surface area (Å²) < 4.78 is 22.5. The quantitative estimate of drug-likeness (QED) is 0.175. The Balaban J connectivity index is 1.85. The Labute approximate surface area is 234 Å². The number of aliphatic hydroxyl groups excluding tert-OH is 1. The normalized spacial score (nSPS) is 16.4. The van der Waals surface area contributed by atoms with Crippen LogP contribution in [-0.4, -0.2) is 43.7 Å². The summed E-state index contributed by atoms with van der Waals surface area (Å²) in [5.41, 5.74) is 1.38. The number of hydrogen-bond acceptors (Lipinski definition) is 7. The van der Waals surface area contributed by atoms with E-state index in [1.165, 1.54) is 4.90 Å². The van der Waals surface area contributed by atoms with Crippen LogP contribution in [-0.2, 0) is 9.59 Å². The van der Waals surface area contributed by atoms with Gasteiger partial charge in [0.05, 0.1) is 44.1 Å². The van der Waals surface area contributed by atoms with Crippen LogP contribution in [0.3, 0.4) is 0 Å². The molecule has 40 heavy (non-hydrogen) atoms. The van der Waals surface area contributed by atoms with Crippen LogP contribution in [0, 0.1) is 5.92 Å². The van der Waals surface area contributed by atoms with E-state index in [1.54, 1.807) is 73.8 Å². The van der Waals surface area contributed by atoms with E-state index in [1.807, 2.05) is 13.8 Å². The van der Waals surface area contributed by atoms with E-state index in [4.69, 9.17) is 18.9 Å². The summed E-state index contributed by atoms with van der Waals surface area (Å²) in [5, 5.41) is 11.6. The lowest BCUT2D eigenvalue weighted by molar-refractivity contribution is -0.132. The maximum Gasteiger partial charge on any atom is 0.300 e. The minimum atomic E-state index is -0.894. The van der Waals surface area contributed by atoms with Gasteiger partial charge in [-0.3, -0.25) is 14.5 Å². The molecule has 1 aliphatic heterocycles. The van der Waals surface area contributed by atoms with Crippen LogP contribution in [0.1, 0.15) is 44.9 Å². The molecule has 1 aliphatic rings. The number of aliphatic hydroxyl groups is 1. The number of carbonyl (C=O) groups is 2. The molecule has 1 heterocycles. The lowest BCUT2D eigenvalue weighted by Gasteiger charge is -2.26. The van der Waals surface area contributed by atoms with Crippen molar-refractivity contribution < 1.29 is 33.6 Å². The first-order valence-corrected chi connectivity index (χ1v) is 13.4. The van der Waals surface area contributed by atoms with Crippen molar-refractivity contribution in [2.75, 3.05) is 31.8 Å². The molecule has 0 bridgehead atoms. The highest BCUT2D eigenvalue weighted by Crippen LogP contribution is 2.44. The molecule has 210 valence electrons. The first-order chi connectivity index (χ1) is 19.3. The van der Waals surface area contributed by atoms with Gasteiger partial charge in [0.1, 0.15) is 28.8 Å². The average Bonchev–Trinajstić information content (AvgIpc) is 3.22. The Morgan fingerprint density at radius 2 is 1.48 bits per heavy atom. The Kier molecular flexibility index (Phi) is 8.99. The largest absolute Gasteiger partial charge is 0.507 e. The van der Waals surface area contributed by atoms with Crippen molar-refractivity contribution in [1.29, 1.82) is 0 Å².